The van der Waals surface area contributed by atoms with Gasteiger partial charge >= 0.3 is 0 Å². The van der Waals surface area contributed by atoms with Crippen LogP contribution in [-0.4, -0.2) is 54.2 Å². The molecule has 32 heavy (non-hydrogen) atoms. The van der Waals surface area contributed by atoms with Gasteiger partial charge in [0, 0.05) is 25.1 Å². The van der Waals surface area contributed by atoms with Gasteiger partial charge in [0.15, 0.2) is 0 Å². The second-order valence-corrected chi connectivity index (χ2v) is 7.76. The monoisotopic (exact) mass is 433 g/mol. The van der Waals surface area contributed by atoms with Crippen LogP contribution in [0.3, 0.4) is 0 Å². The molecule has 2 aromatic heterocycles. The first-order valence-electron chi connectivity index (χ1n) is 10.4. The Balaban J connectivity index is 1.27. The van der Waals surface area contributed by atoms with Crippen LogP contribution in [-0.2, 0) is 6.42 Å². The Labute approximate surface area is 182 Å². The van der Waals surface area contributed by atoms with Crippen LogP contribution in [0.25, 0.3) is 17.1 Å². The number of amides is 1. The van der Waals surface area contributed by atoms with Gasteiger partial charge < -0.3 is 9.42 Å². The summed E-state index contributed by atoms with van der Waals surface area (Å²) in [5, 5.41) is 15.1. The molecule has 3 heterocycles. The summed E-state index contributed by atoms with van der Waals surface area (Å²) in [6.07, 6.45) is 3.86. The van der Waals surface area contributed by atoms with Crippen LogP contribution in [0.15, 0.2) is 59.4 Å². The highest BCUT2D eigenvalue weighted by atomic mass is 19.1. The quantitative estimate of drug-likeness (QED) is 0.477. The van der Waals surface area contributed by atoms with E-state index in [-0.39, 0.29) is 17.6 Å². The van der Waals surface area contributed by atoms with Crippen molar-refractivity contribution in [2.45, 2.75) is 19.3 Å². The van der Waals surface area contributed by atoms with E-state index in [0.29, 0.717) is 36.5 Å². The number of nitrogens with zero attached hydrogens (tertiary/aromatic N) is 7. The zero-order valence-corrected chi connectivity index (χ0v) is 17.1. The summed E-state index contributed by atoms with van der Waals surface area (Å²) < 4.78 is 20.9. The van der Waals surface area contributed by atoms with Crippen molar-refractivity contribution in [3.8, 4) is 17.1 Å². The molecule has 0 saturated carbocycles. The van der Waals surface area contributed by atoms with Gasteiger partial charge in [0.25, 0.3) is 5.91 Å². The van der Waals surface area contributed by atoms with Crippen LogP contribution in [0.5, 0.6) is 0 Å². The highest BCUT2D eigenvalue weighted by Gasteiger charge is 2.26. The van der Waals surface area contributed by atoms with Crippen LogP contribution in [0.1, 0.15) is 29.1 Å². The Morgan fingerprint density at radius 3 is 2.94 bits per heavy atom. The average molecular weight is 433 g/mol. The minimum absolute atomic E-state index is 0.0396. The van der Waals surface area contributed by atoms with Crippen molar-refractivity contribution in [1.29, 1.82) is 0 Å². The molecule has 0 radical (unpaired) electrons. The zero-order valence-electron chi connectivity index (χ0n) is 17.1. The van der Waals surface area contributed by atoms with Crippen LogP contribution >= 0.6 is 0 Å². The van der Waals surface area contributed by atoms with Crippen molar-refractivity contribution in [2.75, 3.05) is 13.1 Å². The minimum Gasteiger partial charge on any atom is -0.339 e. The third kappa shape index (κ3) is 4.11. The van der Waals surface area contributed by atoms with Gasteiger partial charge in [-0.2, -0.15) is 4.98 Å². The fourth-order valence-electron chi connectivity index (χ4n) is 4.00. The summed E-state index contributed by atoms with van der Waals surface area (Å²) in [7, 11) is 0. The van der Waals surface area contributed by atoms with Gasteiger partial charge in [-0.25, -0.2) is 9.07 Å². The number of hydrogen-bond donors (Lipinski definition) is 0. The summed E-state index contributed by atoms with van der Waals surface area (Å²) in [5.74, 6) is 0.439. The number of piperidine rings is 1. The fraction of sp³-hybridized carbons (Fsp3) is 0.273. The van der Waals surface area contributed by atoms with Gasteiger partial charge in [0.1, 0.15) is 12.1 Å². The van der Waals surface area contributed by atoms with Crippen molar-refractivity contribution in [3.63, 3.8) is 0 Å². The number of halogens is 1. The maximum absolute atomic E-state index is 14.0. The Morgan fingerprint density at radius 2 is 2.09 bits per heavy atom. The van der Waals surface area contributed by atoms with E-state index in [1.807, 2.05) is 17.0 Å². The van der Waals surface area contributed by atoms with Gasteiger partial charge in [0.05, 0.1) is 11.3 Å². The predicted molar refractivity (Wildman–Crippen MR) is 111 cm³/mol. The summed E-state index contributed by atoms with van der Waals surface area (Å²) in [5.41, 5.74) is 1.62. The van der Waals surface area contributed by atoms with E-state index in [9.17, 15) is 9.18 Å². The lowest BCUT2D eigenvalue weighted by molar-refractivity contribution is 0.0668. The molecular formula is C22H20FN7O2. The molecule has 1 aliphatic rings. The topological polar surface area (TPSA) is 103 Å². The molecule has 2 aromatic carbocycles. The molecule has 0 aliphatic carbocycles. The number of aromatic nitrogens is 6. The lowest BCUT2D eigenvalue weighted by Gasteiger charge is -2.32. The first-order valence-corrected chi connectivity index (χ1v) is 10.4. The molecule has 9 nitrogen and oxygen atoms in total. The second kappa shape index (κ2) is 8.66. The van der Waals surface area contributed by atoms with Crippen molar-refractivity contribution >= 4 is 5.91 Å². The highest BCUT2D eigenvalue weighted by Crippen LogP contribution is 2.24. The summed E-state index contributed by atoms with van der Waals surface area (Å²) in [6, 6.07) is 13.6. The number of benzene rings is 2. The molecule has 1 amide bonds. The molecule has 162 valence electrons. The van der Waals surface area contributed by atoms with Crippen LogP contribution in [0.2, 0.25) is 0 Å². The molecule has 4 aromatic rings. The van der Waals surface area contributed by atoms with Gasteiger partial charge in [0.2, 0.25) is 11.7 Å². The molecule has 1 saturated heterocycles. The van der Waals surface area contributed by atoms with Crippen molar-refractivity contribution in [2.24, 2.45) is 5.92 Å². The maximum atomic E-state index is 14.0. The number of carbonyl (C=O) groups is 1. The van der Waals surface area contributed by atoms with Gasteiger partial charge in [-0.05, 0) is 59.5 Å². The van der Waals surface area contributed by atoms with Crippen molar-refractivity contribution in [1.82, 2.24) is 35.2 Å². The molecular weight excluding hydrogens is 413 g/mol. The molecule has 1 atom stereocenters. The Hall–Kier alpha value is -3.95. The number of rotatable bonds is 5. The third-order valence-electron chi connectivity index (χ3n) is 5.56. The largest absolute Gasteiger partial charge is 0.339 e. The molecule has 10 heteroatoms. The van der Waals surface area contributed by atoms with Crippen LogP contribution in [0, 0.1) is 11.7 Å². The van der Waals surface area contributed by atoms with Gasteiger partial charge in [-0.15, -0.1) is 5.10 Å². The van der Waals surface area contributed by atoms with Crippen LogP contribution in [0.4, 0.5) is 4.39 Å². The molecule has 1 fully saturated rings. The molecule has 0 N–H and O–H groups in total. The maximum Gasteiger partial charge on any atom is 0.253 e. The molecule has 1 aliphatic heterocycles. The average Bonchev–Trinajstić information content (AvgIpc) is 3.52. The molecule has 5 rings (SSSR count). The fourth-order valence-corrected chi connectivity index (χ4v) is 4.00. The Kier molecular flexibility index (Phi) is 5.40. The predicted octanol–water partition coefficient (Wildman–Crippen LogP) is 2.95. The number of likely N-dealkylation sites (tertiary alicyclic amines) is 1. The van der Waals surface area contributed by atoms with E-state index in [4.69, 9.17) is 4.52 Å². The van der Waals surface area contributed by atoms with Crippen molar-refractivity contribution < 1.29 is 13.7 Å². The lowest BCUT2D eigenvalue weighted by Crippen LogP contribution is -2.40. The number of hydrogen-bond acceptors (Lipinski definition) is 7. The van der Waals surface area contributed by atoms with E-state index >= 15 is 0 Å². The lowest BCUT2D eigenvalue weighted by atomic mass is 9.94. The first kappa shape index (κ1) is 20.0. The van der Waals surface area contributed by atoms with E-state index in [2.05, 4.69) is 25.7 Å². The van der Waals surface area contributed by atoms with Crippen LogP contribution < -0.4 is 0 Å². The van der Waals surface area contributed by atoms with Gasteiger partial charge in [-0.1, -0.05) is 23.4 Å². The smallest absolute Gasteiger partial charge is 0.253 e. The Bertz CT molecular complexity index is 1220. The minimum atomic E-state index is -0.391. The molecule has 1 unspecified atom stereocenters. The van der Waals surface area contributed by atoms with E-state index in [1.165, 1.54) is 17.1 Å². The van der Waals surface area contributed by atoms with Gasteiger partial charge in [-0.3, -0.25) is 4.79 Å². The second-order valence-electron chi connectivity index (χ2n) is 7.76. The van der Waals surface area contributed by atoms with E-state index < -0.39 is 5.82 Å². The van der Waals surface area contributed by atoms with E-state index in [0.717, 1.165) is 18.5 Å². The SMILES string of the molecule is O=C(c1cccc(-n2cnnn2)c1)N1CCCC(Cc2nc(-c3ccccc3F)no2)C1. The zero-order chi connectivity index (χ0) is 21.9. The third-order valence-corrected chi connectivity index (χ3v) is 5.56. The normalized spacial score (nSPS) is 16.3. The molecule has 0 spiro atoms. The Morgan fingerprint density at radius 1 is 1.19 bits per heavy atom. The first-order chi connectivity index (χ1) is 15.7. The number of tetrazole rings is 1. The summed E-state index contributed by atoms with van der Waals surface area (Å²) in [6.45, 7) is 1.28. The highest BCUT2D eigenvalue weighted by molar-refractivity contribution is 5.94. The summed E-state index contributed by atoms with van der Waals surface area (Å²) >= 11 is 0. The van der Waals surface area contributed by atoms with Crippen molar-refractivity contribution in [3.05, 3.63) is 72.1 Å². The number of carbonyl (C=O) groups excluding carboxylic acids is 1. The van der Waals surface area contributed by atoms with E-state index in [1.54, 1.807) is 30.3 Å². The standard InChI is InChI=1S/C22H20FN7O2/c23-19-9-2-1-8-18(19)21-25-20(32-26-21)11-15-5-4-10-29(13-15)22(31)16-6-3-7-17(12-16)30-14-24-27-28-30/h1-3,6-9,12,14-15H,4-5,10-11,13H2. The molecule has 0 bridgehead atoms. The summed E-state index contributed by atoms with van der Waals surface area (Å²) in [4.78, 5) is 19.3.